The second kappa shape index (κ2) is 7.76. The minimum atomic E-state index is -4.17. The number of anilines is 2. The molecule has 1 N–H and O–H groups in total. The minimum absolute atomic E-state index is 0. The fourth-order valence-electron chi connectivity index (χ4n) is 2.75. The molecule has 0 unspecified atom stereocenters. The summed E-state index contributed by atoms with van der Waals surface area (Å²) >= 11 is 0. The molecule has 0 saturated carbocycles. The Morgan fingerprint density at radius 2 is 1.52 bits per heavy atom. The van der Waals surface area contributed by atoms with Gasteiger partial charge in [-0.25, -0.2) is 0 Å². The van der Waals surface area contributed by atoms with Crippen molar-refractivity contribution >= 4 is 21.5 Å². The van der Waals surface area contributed by atoms with Gasteiger partial charge in [-0.2, -0.15) is 8.42 Å². The van der Waals surface area contributed by atoms with Crippen molar-refractivity contribution < 1.29 is 48.7 Å². The Bertz CT molecular complexity index is 912. The third-order valence-corrected chi connectivity index (χ3v) is 4.23. The molecule has 0 spiro atoms. The number of rotatable bonds is 3. The van der Waals surface area contributed by atoms with Crippen LogP contribution in [0.4, 0.5) is 11.4 Å². The van der Waals surface area contributed by atoms with E-state index in [1.165, 1.54) is 0 Å². The van der Waals surface area contributed by atoms with Crippen LogP contribution in [0.5, 0.6) is 11.5 Å². The van der Waals surface area contributed by atoms with Crippen molar-refractivity contribution in [2.24, 2.45) is 0 Å². The van der Waals surface area contributed by atoms with Gasteiger partial charge >= 0.3 is 29.6 Å². The zero-order chi connectivity index (χ0) is 17.3. The van der Waals surface area contributed by atoms with Gasteiger partial charge in [-0.3, -0.25) is 4.55 Å². The number of para-hydroxylation sites is 4. The number of fused-ring (bicyclic) bond motifs is 2. The Morgan fingerprint density at radius 1 is 1.04 bits per heavy atom. The van der Waals surface area contributed by atoms with Crippen LogP contribution < -0.4 is 39.2 Å². The third-order valence-electron chi connectivity index (χ3n) is 3.56. The number of hydrogen-bond acceptors (Lipinski definition) is 4. The summed E-state index contributed by atoms with van der Waals surface area (Å²) in [6, 6.07) is 15.3. The van der Waals surface area contributed by atoms with E-state index in [1.807, 2.05) is 60.4 Å². The second-order valence-corrected chi connectivity index (χ2v) is 6.80. The van der Waals surface area contributed by atoms with Gasteiger partial charge in [-0.1, -0.05) is 24.3 Å². The average molecular weight is 367 g/mol. The van der Waals surface area contributed by atoms with Gasteiger partial charge in [0.1, 0.15) is 0 Å². The molecule has 0 radical (unpaired) electrons. The van der Waals surface area contributed by atoms with Crippen molar-refractivity contribution in [2.45, 2.75) is 13.8 Å². The summed E-state index contributed by atoms with van der Waals surface area (Å²) in [5, 5.41) is 0.828. The number of ether oxygens (including phenoxy) is 1. The maximum Gasteiger partial charge on any atom is 1.00 e. The van der Waals surface area contributed by atoms with Gasteiger partial charge < -0.3 is 11.1 Å². The van der Waals surface area contributed by atoms with E-state index in [9.17, 15) is 8.42 Å². The molecule has 0 atom stereocenters. The number of allylic oxidation sites excluding steroid dienone is 3. The first kappa shape index (κ1) is 19.8. The molecular formula is C18H18NNaO4S. The molecule has 0 aromatic heterocycles. The fraction of sp³-hybridized carbons (Fsp3) is 0.111. The largest absolute Gasteiger partial charge is 1.00 e. The Balaban J connectivity index is 0.00000169. The standard InChI is InChI=1S/C18H17NO4S.Na.H/c1-13(12-24(20,21)22)11-14(2)19-15-7-3-5-9-17(15)23-18-10-6-4-8-16(18)19;;/h3-12H,1-2H3,(H,20,21,22);;/q;+1;-1. The molecule has 25 heavy (non-hydrogen) atoms. The molecule has 2 aromatic rings. The van der Waals surface area contributed by atoms with E-state index < -0.39 is 10.1 Å². The maximum absolute atomic E-state index is 11.0. The van der Waals surface area contributed by atoms with Crippen LogP contribution in [-0.2, 0) is 10.1 Å². The Hall–Kier alpha value is -1.57. The van der Waals surface area contributed by atoms with E-state index >= 15 is 0 Å². The van der Waals surface area contributed by atoms with Crippen LogP contribution in [0.25, 0.3) is 0 Å². The van der Waals surface area contributed by atoms with Gasteiger partial charge in [0.15, 0.2) is 11.5 Å². The molecule has 5 nitrogen and oxygen atoms in total. The van der Waals surface area contributed by atoms with E-state index in [1.54, 1.807) is 13.0 Å². The summed E-state index contributed by atoms with van der Waals surface area (Å²) in [5.74, 6) is 1.45. The van der Waals surface area contributed by atoms with Crippen molar-refractivity contribution in [3.05, 3.63) is 71.3 Å². The van der Waals surface area contributed by atoms with Crippen molar-refractivity contribution in [1.29, 1.82) is 0 Å². The summed E-state index contributed by atoms with van der Waals surface area (Å²) in [4.78, 5) is 2.00. The van der Waals surface area contributed by atoms with Crippen LogP contribution in [0.1, 0.15) is 15.3 Å². The van der Waals surface area contributed by atoms with E-state index in [0.29, 0.717) is 5.57 Å². The van der Waals surface area contributed by atoms with Gasteiger partial charge in [0.2, 0.25) is 0 Å². The third kappa shape index (κ3) is 4.54. The van der Waals surface area contributed by atoms with Crippen molar-refractivity contribution in [3.8, 4) is 11.5 Å². The van der Waals surface area contributed by atoms with Crippen molar-refractivity contribution in [2.75, 3.05) is 4.90 Å². The molecule has 3 rings (SSSR count). The van der Waals surface area contributed by atoms with Crippen molar-refractivity contribution in [1.82, 2.24) is 0 Å². The minimum Gasteiger partial charge on any atom is -1.00 e. The van der Waals surface area contributed by atoms with Crippen molar-refractivity contribution in [3.63, 3.8) is 0 Å². The van der Waals surface area contributed by atoms with E-state index in [4.69, 9.17) is 9.29 Å². The van der Waals surface area contributed by atoms with Gasteiger partial charge in [-0.05, 0) is 49.8 Å². The van der Waals surface area contributed by atoms with Crippen LogP contribution >= 0.6 is 0 Å². The SMILES string of the molecule is CC(=CS(=O)(=O)O)C=C(C)N1c2ccccc2Oc2ccccc21.[H-].[Na+]. The first-order valence-electron chi connectivity index (χ1n) is 7.35. The number of nitrogens with zero attached hydrogens (tertiary/aromatic N) is 1. The normalized spacial score (nSPS) is 14.1. The molecule has 0 fully saturated rings. The first-order chi connectivity index (χ1) is 11.3. The second-order valence-electron chi connectivity index (χ2n) is 5.54. The van der Waals surface area contributed by atoms with E-state index in [2.05, 4.69) is 0 Å². The summed E-state index contributed by atoms with van der Waals surface area (Å²) in [6.07, 6.45) is 1.70. The topological polar surface area (TPSA) is 66.8 Å². The number of hydrogen-bond donors (Lipinski definition) is 1. The maximum atomic E-state index is 11.0. The molecule has 1 aliphatic heterocycles. The smallest absolute Gasteiger partial charge is 1.00 e. The molecule has 7 heteroatoms. The molecule has 1 heterocycles. The summed E-state index contributed by atoms with van der Waals surface area (Å²) in [6.45, 7) is 3.50. The van der Waals surface area contributed by atoms with Crippen LogP contribution in [0.3, 0.4) is 0 Å². The molecule has 2 aromatic carbocycles. The van der Waals surface area contributed by atoms with Gasteiger partial charge in [0, 0.05) is 5.70 Å². The molecule has 0 saturated heterocycles. The van der Waals surface area contributed by atoms with Gasteiger partial charge in [-0.15, -0.1) is 0 Å². The monoisotopic (exact) mass is 367 g/mol. The van der Waals surface area contributed by atoms with Crippen LogP contribution in [0.2, 0.25) is 0 Å². The molecule has 1 aliphatic rings. The zero-order valence-corrected chi connectivity index (χ0v) is 17.1. The molecule has 0 bridgehead atoms. The molecule has 0 amide bonds. The Kier molecular flexibility index (Phi) is 6.13. The van der Waals surface area contributed by atoms with Crippen LogP contribution in [-0.4, -0.2) is 13.0 Å². The Labute approximate surface area is 171 Å². The summed E-state index contributed by atoms with van der Waals surface area (Å²) in [7, 11) is -4.17. The predicted octanol–water partition coefficient (Wildman–Crippen LogP) is 1.74. The molecular weight excluding hydrogens is 349 g/mol. The first-order valence-corrected chi connectivity index (χ1v) is 8.85. The van der Waals surface area contributed by atoms with Gasteiger partial charge in [0.05, 0.1) is 16.8 Å². The quantitative estimate of drug-likeness (QED) is 0.509. The Morgan fingerprint density at radius 3 is 2.00 bits per heavy atom. The predicted molar refractivity (Wildman–Crippen MR) is 95.3 cm³/mol. The molecule has 0 aliphatic carbocycles. The zero-order valence-electron chi connectivity index (χ0n) is 15.3. The van der Waals surface area contributed by atoms with Crippen LogP contribution in [0.15, 0.2) is 71.3 Å². The van der Waals surface area contributed by atoms with Gasteiger partial charge in [0.25, 0.3) is 10.1 Å². The number of benzene rings is 2. The van der Waals surface area contributed by atoms with E-state index in [0.717, 1.165) is 34.0 Å². The molecule has 126 valence electrons. The summed E-state index contributed by atoms with van der Waals surface area (Å²) < 4.78 is 36.9. The summed E-state index contributed by atoms with van der Waals surface area (Å²) in [5.41, 5.74) is 2.96. The van der Waals surface area contributed by atoms with Crippen LogP contribution in [0, 0.1) is 0 Å². The average Bonchev–Trinajstić information content (AvgIpc) is 2.50. The fourth-order valence-corrected chi connectivity index (χ4v) is 3.29. The van der Waals surface area contributed by atoms with E-state index in [-0.39, 0.29) is 31.0 Å².